The number of hydrogen-bond acceptors (Lipinski definition) is 6. The van der Waals surface area contributed by atoms with Crippen LogP contribution in [0.4, 0.5) is 0 Å². The molecule has 0 spiro atoms. The van der Waals surface area contributed by atoms with Crippen molar-refractivity contribution < 1.29 is 19.1 Å². The average Bonchev–Trinajstić information content (AvgIpc) is 2.45. The number of hydrogen-bond donors (Lipinski definition) is 0. The second-order valence-electron chi connectivity index (χ2n) is 11.8. The van der Waals surface area contributed by atoms with Crippen LogP contribution in [0.2, 0.25) is 0 Å². The molecule has 6 heteroatoms. The third kappa shape index (κ3) is 7.52. The highest BCUT2D eigenvalue weighted by atomic mass is 16.5. The smallest absolute Gasteiger partial charge is 0.325 e. The maximum absolute atomic E-state index is 13.5. The zero-order valence-electron chi connectivity index (χ0n) is 22.1. The molecule has 0 saturated carbocycles. The molecular formula is C24H48N2O4. The molecule has 0 aliphatic carbocycles. The summed E-state index contributed by atoms with van der Waals surface area (Å²) in [6.45, 7) is 28.8. The van der Waals surface area contributed by atoms with Gasteiger partial charge in [0.05, 0.1) is 13.2 Å². The van der Waals surface area contributed by atoms with Gasteiger partial charge in [-0.2, -0.15) is 0 Å². The highest BCUT2D eigenvalue weighted by molar-refractivity contribution is 5.87. The van der Waals surface area contributed by atoms with Crippen LogP contribution in [0.5, 0.6) is 0 Å². The quantitative estimate of drug-likeness (QED) is 0.550. The molecule has 0 aliphatic rings. The maximum atomic E-state index is 13.5. The normalized spacial score (nSPS) is 15.9. The predicted octanol–water partition coefficient (Wildman–Crippen LogP) is 4.65. The van der Waals surface area contributed by atoms with Gasteiger partial charge >= 0.3 is 11.9 Å². The number of carbonyl (C=O) groups excluding carboxylic acids is 2. The minimum absolute atomic E-state index is 0.248. The first-order valence-corrected chi connectivity index (χ1v) is 11.1. The Morgan fingerprint density at radius 1 is 0.567 bits per heavy atom. The van der Waals surface area contributed by atoms with Crippen LogP contribution < -0.4 is 0 Å². The topological polar surface area (TPSA) is 59.1 Å². The lowest BCUT2D eigenvalue weighted by atomic mass is 9.85. The van der Waals surface area contributed by atoms with Crippen LogP contribution in [0.15, 0.2) is 0 Å². The molecule has 0 aromatic carbocycles. The third-order valence-corrected chi connectivity index (χ3v) is 4.80. The molecule has 2 atom stereocenters. The molecule has 0 N–H and O–H groups in total. The van der Waals surface area contributed by atoms with E-state index in [-0.39, 0.29) is 13.2 Å². The van der Waals surface area contributed by atoms with Crippen LogP contribution >= 0.6 is 0 Å². The van der Waals surface area contributed by atoms with Crippen LogP contribution in [0.1, 0.15) is 96.9 Å². The Morgan fingerprint density at radius 3 is 0.900 bits per heavy atom. The fourth-order valence-electron chi connectivity index (χ4n) is 4.89. The van der Waals surface area contributed by atoms with Gasteiger partial charge in [-0.05, 0) is 96.9 Å². The first-order chi connectivity index (χ1) is 13.2. The third-order valence-electron chi connectivity index (χ3n) is 4.80. The summed E-state index contributed by atoms with van der Waals surface area (Å²) < 4.78 is 11.1. The molecule has 0 heterocycles. The van der Waals surface area contributed by atoms with E-state index >= 15 is 0 Å². The number of rotatable bonds is 7. The minimum Gasteiger partial charge on any atom is -0.465 e. The summed E-state index contributed by atoms with van der Waals surface area (Å²) in [6.07, 6.45) is 0. The molecule has 0 aromatic heterocycles. The van der Waals surface area contributed by atoms with E-state index in [2.05, 4.69) is 92.9 Å². The van der Waals surface area contributed by atoms with Crippen molar-refractivity contribution in [2.75, 3.05) is 13.2 Å². The van der Waals surface area contributed by atoms with E-state index in [4.69, 9.17) is 9.47 Å². The molecule has 0 amide bonds. The molecule has 0 saturated heterocycles. The summed E-state index contributed by atoms with van der Waals surface area (Å²) >= 11 is 0. The second kappa shape index (κ2) is 9.99. The van der Waals surface area contributed by atoms with Gasteiger partial charge in [0.1, 0.15) is 12.1 Å². The van der Waals surface area contributed by atoms with Crippen molar-refractivity contribution in [3.8, 4) is 0 Å². The van der Waals surface area contributed by atoms with Crippen molar-refractivity contribution in [3.05, 3.63) is 0 Å². The zero-order chi connectivity index (χ0) is 24.3. The van der Waals surface area contributed by atoms with E-state index in [1.165, 1.54) is 0 Å². The molecule has 178 valence electrons. The van der Waals surface area contributed by atoms with Crippen LogP contribution in [-0.4, -0.2) is 69.2 Å². The van der Waals surface area contributed by atoms with E-state index in [1.807, 2.05) is 0 Å². The van der Waals surface area contributed by atoms with Crippen LogP contribution in [0, 0.1) is 0 Å². The highest BCUT2D eigenvalue weighted by Crippen LogP contribution is 2.36. The Bertz CT molecular complexity index is 494. The van der Waals surface area contributed by atoms with Crippen LogP contribution in [0.3, 0.4) is 0 Å². The lowest BCUT2D eigenvalue weighted by molar-refractivity contribution is -0.179. The number of ether oxygens (including phenoxy) is 2. The van der Waals surface area contributed by atoms with Crippen molar-refractivity contribution >= 4 is 11.9 Å². The molecular weight excluding hydrogens is 380 g/mol. The van der Waals surface area contributed by atoms with E-state index in [0.717, 1.165) is 0 Å². The first-order valence-electron chi connectivity index (χ1n) is 11.1. The minimum atomic E-state index is -0.831. The van der Waals surface area contributed by atoms with Gasteiger partial charge in [0.15, 0.2) is 0 Å². The Hall–Kier alpha value is -1.14. The first kappa shape index (κ1) is 28.9. The van der Waals surface area contributed by atoms with Crippen molar-refractivity contribution in [1.82, 2.24) is 9.80 Å². The van der Waals surface area contributed by atoms with E-state index in [0.29, 0.717) is 0 Å². The van der Waals surface area contributed by atoms with Crippen molar-refractivity contribution in [2.45, 2.75) is 131 Å². The van der Waals surface area contributed by atoms with Gasteiger partial charge in [0.2, 0.25) is 0 Å². The fourth-order valence-corrected chi connectivity index (χ4v) is 4.89. The average molecular weight is 429 g/mol. The number of esters is 2. The molecule has 2 unspecified atom stereocenters. The summed E-state index contributed by atoms with van der Waals surface area (Å²) in [6, 6.07) is -1.66. The zero-order valence-corrected chi connectivity index (χ0v) is 22.1. The van der Waals surface area contributed by atoms with Crippen LogP contribution in [0.25, 0.3) is 0 Å². The molecule has 30 heavy (non-hydrogen) atoms. The fraction of sp³-hybridized carbons (Fsp3) is 0.917. The Labute approximate surface area is 185 Å². The van der Waals surface area contributed by atoms with Gasteiger partial charge in [-0.25, -0.2) is 0 Å². The van der Waals surface area contributed by atoms with Gasteiger partial charge < -0.3 is 9.47 Å². The summed E-state index contributed by atoms with van der Waals surface area (Å²) in [5.41, 5.74) is -1.60. The predicted molar refractivity (Wildman–Crippen MR) is 124 cm³/mol. The Kier molecular flexibility index (Phi) is 9.61. The monoisotopic (exact) mass is 428 g/mol. The SMILES string of the molecule is CCOC(=O)C(C(C(=O)OCC)N(C(C)(C)C)C(C)(C)C)N(C(C)(C)C)C(C)(C)C. The Balaban J connectivity index is 7.14. The molecule has 0 aromatic rings. The summed E-state index contributed by atoms with van der Waals surface area (Å²) in [5.74, 6) is -0.808. The number of carbonyl (C=O) groups is 2. The summed E-state index contributed by atoms with van der Waals surface area (Å²) in [7, 11) is 0. The molecule has 0 aliphatic heterocycles. The van der Waals surface area contributed by atoms with Crippen LogP contribution in [-0.2, 0) is 19.1 Å². The van der Waals surface area contributed by atoms with Gasteiger partial charge in [0, 0.05) is 22.2 Å². The van der Waals surface area contributed by atoms with Crippen molar-refractivity contribution in [1.29, 1.82) is 0 Å². The molecule has 0 rings (SSSR count). The summed E-state index contributed by atoms with van der Waals surface area (Å²) in [4.78, 5) is 31.2. The highest BCUT2D eigenvalue weighted by Gasteiger charge is 2.54. The van der Waals surface area contributed by atoms with Crippen molar-refractivity contribution in [3.63, 3.8) is 0 Å². The number of nitrogens with zero attached hydrogens (tertiary/aromatic N) is 2. The van der Waals surface area contributed by atoms with Gasteiger partial charge in [-0.1, -0.05) is 0 Å². The second-order valence-corrected chi connectivity index (χ2v) is 11.8. The van der Waals surface area contributed by atoms with Crippen molar-refractivity contribution in [2.24, 2.45) is 0 Å². The Morgan fingerprint density at radius 2 is 0.767 bits per heavy atom. The van der Waals surface area contributed by atoms with E-state index in [1.54, 1.807) is 13.8 Å². The molecule has 0 fully saturated rings. The summed E-state index contributed by atoms with van der Waals surface area (Å²) in [5, 5.41) is 0. The van der Waals surface area contributed by atoms with E-state index in [9.17, 15) is 9.59 Å². The largest absolute Gasteiger partial charge is 0.465 e. The van der Waals surface area contributed by atoms with Gasteiger partial charge in [-0.3, -0.25) is 19.4 Å². The molecule has 0 radical (unpaired) electrons. The van der Waals surface area contributed by atoms with Gasteiger partial charge in [-0.15, -0.1) is 0 Å². The lowest BCUT2D eigenvalue weighted by Gasteiger charge is -2.56. The van der Waals surface area contributed by atoms with Gasteiger partial charge in [0.25, 0.3) is 0 Å². The lowest BCUT2D eigenvalue weighted by Crippen LogP contribution is -2.72. The van der Waals surface area contributed by atoms with E-state index < -0.39 is 46.2 Å². The molecule has 0 bridgehead atoms. The standard InChI is InChI=1S/C24H48N2O4/c1-15-29-19(27)17(25(21(3,4)5)22(6,7)8)18(20(28)30-16-2)26(23(9,10)11)24(12,13)14/h17-18H,15-16H2,1-14H3. The maximum Gasteiger partial charge on any atom is 0.325 e. The molecule has 6 nitrogen and oxygen atoms in total.